The van der Waals surface area contributed by atoms with E-state index in [2.05, 4.69) is 10.2 Å². The van der Waals surface area contributed by atoms with Gasteiger partial charge >= 0.3 is 0 Å². The van der Waals surface area contributed by atoms with Crippen LogP contribution in [0.25, 0.3) is 0 Å². The van der Waals surface area contributed by atoms with Gasteiger partial charge < -0.3 is 5.32 Å². The third-order valence-electron chi connectivity index (χ3n) is 3.17. The highest BCUT2D eigenvalue weighted by atomic mass is 32.2. The van der Waals surface area contributed by atoms with Gasteiger partial charge in [0.2, 0.25) is 0 Å². The van der Waals surface area contributed by atoms with Crippen molar-refractivity contribution in [3.05, 3.63) is 29.8 Å². The third kappa shape index (κ3) is 4.28. The minimum absolute atomic E-state index is 0.205. The summed E-state index contributed by atoms with van der Waals surface area (Å²) in [4.78, 5) is 2.42. The Morgan fingerprint density at radius 2 is 1.84 bits per heavy atom. The summed E-state index contributed by atoms with van der Waals surface area (Å²) < 4.78 is 28.9. The van der Waals surface area contributed by atoms with Crippen molar-refractivity contribution < 1.29 is 12.6 Å². The molecule has 1 aliphatic rings. The molecule has 6 heteroatoms. The van der Waals surface area contributed by atoms with Crippen LogP contribution in [-0.2, 0) is 14.3 Å². The maximum atomic E-state index is 11.9. The average Bonchev–Trinajstić information content (AvgIpc) is 2.40. The normalized spacial score (nSPS) is 17.5. The molecule has 0 unspecified atom stereocenters. The van der Waals surface area contributed by atoms with Gasteiger partial charge in [-0.2, -0.15) is 8.42 Å². The Balaban J connectivity index is 1.85. The molecule has 106 valence electrons. The number of hydrogen-bond donors (Lipinski definition) is 1. The summed E-state index contributed by atoms with van der Waals surface area (Å²) in [5.74, 6) is 0. The maximum Gasteiger partial charge on any atom is 0.297 e. The van der Waals surface area contributed by atoms with Crippen LogP contribution in [-0.4, -0.2) is 52.6 Å². The fourth-order valence-electron chi connectivity index (χ4n) is 1.98. The van der Waals surface area contributed by atoms with Crippen molar-refractivity contribution >= 4 is 10.1 Å². The molecule has 0 spiro atoms. The lowest BCUT2D eigenvalue weighted by Crippen LogP contribution is -2.44. The van der Waals surface area contributed by atoms with Gasteiger partial charge in [-0.15, -0.1) is 0 Å². The average molecular weight is 284 g/mol. The summed E-state index contributed by atoms with van der Waals surface area (Å²) in [5, 5.41) is 3.25. The van der Waals surface area contributed by atoms with E-state index >= 15 is 0 Å². The van der Waals surface area contributed by atoms with Gasteiger partial charge in [0, 0.05) is 32.7 Å². The van der Waals surface area contributed by atoms with Crippen LogP contribution in [0.5, 0.6) is 0 Å². The van der Waals surface area contributed by atoms with Crippen LogP contribution >= 0.6 is 0 Å². The van der Waals surface area contributed by atoms with Gasteiger partial charge in [-0.25, -0.2) is 0 Å². The van der Waals surface area contributed by atoms with E-state index in [1.807, 2.05) is 6.92 Å². The van der Waals surface area contributed by atoms with Crippen molar-refractivity contribution in [2.24, 2.45) is 0 Å². The second-order valence-corrected chi connectivity index (χ2v) is 6.30. The summed E-state index contributed by atoms with van der Waals surface area (Å²) in [6.45, 7) is 6.54. The Morgan fingerprint density at radius 1 is 1.21 bits per heavy atom. The van der Waals surface area contributed by atoms with Gasteiger partial charge in [0.1, 0.15) is 0 Å². The summed E-state index contributed by atoms with van der Waals surface area (Å²) in [7, 11) is -3.62. The zero-order valence-electron chi connectivity index (χ0n) is 11.1. The van der Waals surface area contributed by atoms with Crippen LogP contribution in [0, 0.1) is 6.92 Å². The molecule has 1 fully saturated rings. The van der Waals surface area contributed by atoms with E-state index in [1.54, 1.807) is 24.3 Å². The molecule has 0 saturated carbocycles. The lowest BCUT2D eigenvalue weighted by Gasteiger charge is -2.26. The molecule has 1 N–H and O–H groups in total. The van der Waals surface area contributed by atoms with Crippen LogP contribution < -0.4 is 5.32 Å². The van der Waals surface area contributed by atoms with E-state index in [1.165, 1.54) is 0 Å². The van der Waals surface area contributed by atoms with Crippen molar-refractivity contribution in [1.82, 2.24) is 10.2 Å². The molecule has 19 heavy (non-hydrogen) atoms. The van der Waals surface area contributed by atoms with Crippen LogP contribution in [0.4, 0.5) is 0 Å². The number of benzene rings is 1. The van der Waals surface area contributed by atoms with Gasteiger partial charge in [-0.1, -0.05) is 17.7 Å². The van der Waals surface area contributed by atoms with E-state index in [-0.39, 0.29) is 11.5 Å². The summed E-state index contributed by atoms with van der Waals surface area (Å²) in [5.41, 5.74) is 1.03. The van der Waals surface area contributed by atoms with Crippen LogP contribution in [0.1, 0.15) is 5.56 Å². The molecular weight excluding hydrogens is 264 g/mol. The number of aryl methyl sites for hydroxylation is 1. The molecule has 0 amide bonds. The van der Waals surface area contributed by atoms with E-state index < -0.39 is 10.1 Å². The SMILES string of the molecule is Cc1ccc(S(=O)(=O)OCCN2CCNCC2)cc1. The van der Waals surface area contributed by atoms with Crippen molar-refractivity contribution in [3.63, 3.8) is 0 Å². The van der Waals surface area contributed by atoms with Crippen LogP contribution in [0.3, 0.4) is 0 Å². The maximum absolute atomic E-state index is 11.9. The predicted octanol–water partition coefficient (Wildman–Crippen LogP) is 0.606. The van der Waals surface area contributed by atoms with Crippen molar-refractivity contribution in [2.45, 2.75) is 11.8 Å². The zero-order valence-corrected chi connectivity index (χ0v) is 11.9. The predicted molar refractivity (Wildman–Crippen MR) is 73.6 cm³/mol. The Morgan fingerprint density at radius 3 is 2.47 bits per heavy atom. The molecule has 0 radical (unpaired) electrons. The lowest BCUT2D eigenvalue weighted by molar-refractivity contribution is 0.194. The topological polar surface area (TPSA) is 58.6 Å². The first kappa shape index (κ1) is 14.5. The second-order valence-electron chi connectivity index (χ2n) is 4.68. The Bertz CT molecular complexity index is 493. The number of hydrogen-bond acceptors (Lipinski definition) is 5. The molecule has 1 aliphatic heterocycles. The number of nitrogens with one attached hydrogen (secondary N) is 1. The Kier molecular flexibility index (Phi) is 4.93. The van der Waals surface area contributed by atoms with Crippen molar-refractivity contribution in [1.29, 1.82) is 0 Å². The van der Waals surface area contributed by atoms with Crippen molar-refractivity contribution in [3.8, 4) is 0 Å². The van der Waals surface area contributed by atoms with Crippen LogP contribution in [0.2, 0.25) is 0 Å². The highest BCUT2D eigenvalue weighted by Crippen LogP contribution is 2.13. The van der Waals surface area contributed by atoms with Gasteiger partial charge in [-0.3, -0.25) is 9.08 Å². The number of nitrogens with zero attached hydrogens (tertiary/aromatic N) is 1. The van der Waals surface area contributed by atoms with E-state index in [9.17, 15) is 8.42 Å². The molecule has 0 aliphatic carbocycles. The lowest BCUT2D eigenvalue weighted by atomic mass is 10.2. The third-order valence-corrected chi connectivity index (χ3v) is 4.49. The molecule has 1 heterocycles. The summed E-state index contributed by atoms with van der Waals surface area (Å²) in [6.07, 6.45) is 0. The first-order valence-corrected chi connectivity index (χ1v) is 7.88. The van der Waals surface area contributed by atoms with E-state index in [0.717, 1.165) is 31.7 Å². The number of piperazine rings is 1. The fraction of sp³-hybridized carbons (Fsp3) is 0.538. The van der Waals surface area contributed by atoms with Gasteiger partial charge in [0.05, 0.1) is 11.5 Å². The van der Waals surface area contributed by atoms with Crippen molar-refractivity contribution in [2.75, 3.05) is 39.3 Å². The highest BCUT2D eigenvalue weighted by Gasteiger charge is 2.16. The highest BCUT2D eigenvalue weighted by molar-refractivity contribution is 7.86. The molecule has 1 aromatic rings. The minimum Gasteiger partial charge on any atom is -0.314 e. The Hall–Kier alpha value is -0.950. The second kappa shape index (κ2) is 6.47. The first-order valence-electron chi connectivity index (χ1n) is 6.47. The summed E-state index contributed by atoms with van der Waals surface area (Å²) >= 11 is 0. The zero-order chi connectivity index (χ0) is 13.7. The van der Waals surface area contributed by atoms with E-state index in [4.69, 9.17) is 4.18 Å². The van der Waals surface area contributed by atoms with Gasteiger partial charge in [-0.05, 0) is 19.1 Å². The standard InChI is InChI=1S/C13H20N2O3S/c1-12-2-4-13(5-3-12)19(16,17)18-11-10-15-8-6-14-7-9-15/h2-5,14H,6-11H2,1H3. The monoisotopic (exact) mass is 284 g/mol. The smallest absolute Gasteiger partial charge is 0.297 e. The van der Waals surface area contributed by atoms with Gasteiger partial charge in [0.15, 0.2) is 0 Å². The molecule has 2 rings (SSSR count). The summed E-state index contributed by atoms with van der Waals surface area (Å²) in [6, 6.07) is 6.70. The molecule has 0 bridgehead atoms. The minimum atomic E-state index is -3.62. The number of rotatable bonds is 5. The largest absolute Gasteiger partial charge is 0.314 e. The molecular formula is C13H20N2O3S. The van der Waals surface area contributed by atoms with Gasteiger partial charge in [0.25, 0.3) is 10.1 Å². The molecule has 0 atom stereocenters. The quantitative estimate of drug-likeness (QED) is 0.803. The molecule has 0 aromatic heterocycles. The fourth-order valence-corrected chi connectivity index (χ4v) is 2.88. The molecule has 5 nitrogen and oxygen atoms in total. The van der Waals surface area contributed by atoms with E-state index in [0.29, 0.717) is 6.54 Å². The van der Waals surface area contributed by atoms with Crippen LogP contribution in [0.15, 0.2) is 29.2 Å². The Labute approximate surface area is 114 Å². The first-order chi connectivity index (χ1) is 9.08. The molecule has 1 aromatic carbocycles. The molecule has 1 saturated heterocycles.